The minimum Gasteiger partial charge on any atom is -0.342 e. The van der Waals surface area contributed by atoms with Gasteiger partial charge < -0.3 is 10.6 Å². The van der Waals surface area contributed by atoms with Gasteiger partial charge in [0.2, 0.25) is 5.95 Å². The van der Waals surface area contributed by atoms with Gasteiger partial charge in [-0.2, -0.15) is 0 Å². The van der Waals surface area contributed by atoms with Crippen LogP contribution in [0.25, 0.3) is 5.65 Å². The van der Waals surface area contributed by atoms with E-state index in [4.69, 9.17) is 5.73 Å². The molecular weight excluding hydrogens is 365 g/mol. The highest BCUT2D eigenvalue weighted by molar-refractivity contribution is 14.1. The molecule has 20 heavy (non-hydrogen) atoms. The molecular formula is C14H18IN5. The molecule has 1 aliphatic heterocycles. The topological polar surface area (TPSA) is 59.5 Å². The molecule has 4 rings (SSSR count). The predicted molar refractivity (Wildman–Crippen MR) is 86.8 cm³/mol. The van der Waals surface area contributed by atoms with Crippen molar-refractivity contribution in [3.05, 3.63) is 22.2 Å². The molecule has 2 aromatic rings. The lowest BCUT2D eigenvalue weighted by Gasteiger charge is -2.52. The van der Waals surface area contributed by atoms with Crippen LogP contribution in [0.2, 0.25) is 0 Å². The average molecular weight is 383 g/mol. The van der Waals surface area contributed by atoms with Gasteiger partial charge in [-0.25, -0.2) is 9.97 Å². The SMILES string of the molecule is N[C@@H]1CCC12CCN(c1ncc(I)c3nccn13)CC2. The third kappa shape index (κ3) is 1.77. The molecule has 5 nitrogen and oxygen atoms in total. The summed E-state index contributed by atoms with van der Waals surface area (Å²) in [7, 11) is 0. The van der Waals surface area contributed by atoms with E-state index in [-0.39, 0.29) is 0 Å². The number of halogens is 1. The molecule has 0 unspecified atom stereocenters. The number of imidazole rings is 1. The van der Waals surface area contributed by atoms with Crippen molar-refractivity contribution in [3.8, 4) is 0 Å². The number of hydrogen-bond acceptors (Lipinski definition) is 4. The molecule has 0 bridgehead atoms. The number of anilines is 1. The zero-order valence-corrected chi connectivity index (χ0v) is 13.5. The summed E-state index contributed by atoms with van der Waals surface area (Å²) >= 11 is 2.28. The van der Waals surface area contributed by atoms with Crippen molar-refractivity contribution in [1.29, 1.82) is 0 Å². The molecule has 0 radical (unpaired) electrons. The fourth-order valence-corrected chi connectivity index (χ4v) is 4.14. The highest BCUT2D eigenvalue weighted by atomic mass is 127. The Hall–Kier alpha value is -0.890. The zero-order chi connectivity index (χ0) is 13.7. The lowest BCUT2D eigenvalue weighted by Crippen LogP contribution is -2.56. The van der Waals surface area contributed by atoms with Crippen LogP contribution in [0.15, 0.2) is 18.6 Å². The van der Waals surface area contributed by atoms with Crippen molar-refractivity contribution < 1.29 is 0 Å². The van der Waals surface area contributed by atoms with Gasteiger partial charge in [-0.05, 0) is 53.7 Å². The van der Waals surface area contributed by atoms with Crippen LogP contribution >= 0.6 is 22.6 Å². The monoisotopic (exact) mass is 383 g/mol. The molecule has 0 amide bonds. The molecule has 1 saturated carbocycles. The highest BCUT2D eigenvalue weighted by Crippen LogP contribution is 2.48. The van der Waals surface area contributed by atoms with Gasteiger partial charge in [0.25, 0.3) is 0 Å². The third-order valence-corrected chi connectivity index (χ3v) is 5.91. The Balaban J connectivity index is 1.62. The van der Waals surface area contributed by atoms with Crippen molar-refractivity contribution in [2.75, 3.05) is 18.0 Å². The third-order valence-electron chi connectivity index (χ3n) is 5.15. The van der Waals surface area contributed by atoms with Crippen LogP contribution < -0.4 is 10.6 Å². The Morgan fingerprint density at radius 3 is 2.70 bits per heavy atom. The Morgan fingerprint density at radius 2 is 2.05 bits per heavy atom. The van der Waals surface area contributed by atoms with Crippen molar-refractivity contribution >= 4 is 34.2 Å². The van der Waals surface area contributed by atoms with Gasteiger partial charge in [-0.3, -0.25) is 4.40 Å². The number of hydrogen-bond donors (Lipinski definition) is 1. The van der Waals surface area contributed by atoms with Gasteiger partial charge in [-0.15, -0.1) is 0 Å². The van der Waals surface area contributed by atoms with Crippen LogP contribution in [0.1, 0.15) is 25.7 Å². The number of aromatic nitrogens is 3. The summed E-state index contributed by atoms with van der Waals surface area (Å²) in [6.45, 7) is 2.10. The molecule has 3 heterocycles. The molecule has 1 aliphatic carbocycles. The first-order valence-corrected chi connectivity index (χ1v) is 8.26. The first kappa shape index (κ1) is 12.8. The van der Waals surface area contributed by atoms with Crippen LogP contribution in [-0.4, -0.2) is 33.5 Å². The quantitative estimate of drug-likeness (QED) is 0.766. The van der Waals surface area contributed by atoms with Crippen molar-refractivity contribution in [2.45, 2.75) is 31.7 Å². The number of fused-ring (bicyclic) bond motifs is 1. The average Bonchev–Trinajstić information content (AvgIpc) is 2.97. The predicted octanol–water partition coefficient (Wildman–Crippen LogP) is 2.04. The second kappa shape index (κ2) is 4.56. The van der Waals surface area contributed by atoms with Gasteiger partial charge in [-0.1, -0.05) is 0 Å². The molecule has 2 aliphatic rings. The first-order chi connectivity index (χ1) is 9.70. The number of rotatable bonds is 1. The van der Waals surface area contributed by atoms with E-state index in [0.29, 0.717) is 11.5 Å². The molecule has 1 spiro atoms. The zero-order valence-electron chi connectivity index (χ0n) is 11.3. The maximum Gasteiger partial charge on any atom is 0.211 e. The van der Waals surface area contributed by atoms with Crippen LogP contribution in [-0.2, 0) is 0 Å². The highest BCUT2D eigenvalue weighted by Gasteiger charge is 2.46. The summed E-state index contributed by atoms with van der Waals surface area (Å²) in [5, 5.41) is 0. The fraction of sp³-hybridized carbons (Fsp3) is 0.571. The number of nitrogens with two attached hydrogens (primary N) is 1. The Kier molecular flexibility index (Phi) is 2.92. The minimum atomic E-state index is 0.419. The summed E-state index contributed by atoms with van der Waals surface area (Å²) in [6.07, 6.45) is 10.7. The maximum absolute atomic E-state index is 6.22. The molecule has 2 fully saturated rings. The van der Waals surface area contributed by atoms with Crippen LogP contribution in [0.4, 0.5) is 5.95 Å². The van der Waals surface area contributed by atoms with E-state index < -0.39 is 0 Å². The fourth-order valence-electron chi connectivity index (χ4n) is 3.60. The first-order valence-electron chi connectivity index (χ1n) is 7.18. The molecule has 6 heteroatoms. The molecule has 1 atom stereocenters. The standard InChI is InChI=1S/C14H18IN5/c15-10-9-18-13(20-8-5-17-12(10)20)19-6-3-14(4-7-19)2-1-11(14)16/h5,8-9,11H,1-4,6-7,16H2/t11-/m1/s1. The minimum absolute atomic E-state index is 0.419. The van der Waals surface area contributed by atoms with E-state index in [1.54, 1.807) is 0 Å². The second-order valence-corrected chi connectivity index (χ2v) is 7.18. The van der Waals surface area contributed by atoms with Crippen molar-refractivity contribution in [1.82, 2.24) is 14.4 Å². The molecule has 0 aromatic carbocycles. The van der Waals surface area contributed by atoms with E-state index in [1.807, 2.05) is 18.6 Å². The van der Waals surface area contributed by atoms with E-state index in [9.17, 15) is 0 Å². The normalized spacial score (nSPS) is 25.1. The van der Waals surface area contributed by atoms with E-state index in [0.717, 1.165) is 28.3 Å². The lowest BCUT2D eigenvalue weighted by molar-refractivity contribution is 0.0608. The number of nitrogens with zero attached hydrogens (tertiary/aromatic N) is 4. The summed E-state index contributed by atoms with van der Waals surface area (Å²) < 4.78 is 3.19. The number of piperidine rings is 1. The summed E-state index contributed by atoms with van der Waals surface area (Å²) in [5.41, 5.74) is 7.64. The summed E-state index contributed by atoms with van der Waals surface area (Å²) in [5.74, 6) is 1.01. The van der Waals surface area contributed by atoms with Crippen LogP contribution in [0, 0.1) is 8.99 Å². The lowest BCUT2D eigenvalue weighted by atomic mass is 9.60. The van der Waals surface area contributed by atoms with Gasteiger partial charge in [0.05, 0.1) is 3.57 Å². The van der Waals surface area contributed by atoms with Gasteiger partial charge in [0.1, 0.15) is 0 Å². The van der Waals surface area contributed by atoms with Gasteiger partial charge in [0.15, 0.2) is 5.65 Å². The van der Waals surface area contributed by atoms with E-state index >= 15 is 0 Å². The van der Waals surface area contributed by atoms with Gasteiger partial charge in [0, 0.05) is 37.7 Å². The van der Waals surface area contributed by atoms with Crippen molar-refractivity contribution in [3.63, 3.8) is 0 Å². The van der Waals surface area contributed by atoms with Crippen molar-refractivity contribution in [2.24, 2.45) is 11.1 Å². The second-order valence-electron chi connectivity index (χ2n) is 6.02. The molecule has 1 saturated heterocycles. The Morgan fingerprint density at radius 1 is 1.25 bits per heavy atom. The summed E-state index contributed by atoms with van der Waals surface area (Å²) in [6, 6.07) is 0.419. The summed E-state index contributed by atoms with van der Waals surface area (Å²) in [4.78, 5) is 11.4. The van der Waals surface area contributed by atoms with E-state index in [2.05, 4.69) is 41.9 Å². The molecule has 106 valence electrons. The van der Waals surface area contributed by atoms with Crippen LogP contribution in [0.3, 0.4) is 0 Å². The Bertz CT molecular complexity index is 644. The Labute approximate surface area is 131 Å². The van der Waals surface area contributed by atoms with Gasteiger partial charge >= 0.3 is 0 Å². The smallest absolute Gasteiger partial charge is 0.211 e. The molecule has 2 N–H and O–H groups in total. The molecule has 2 aromatic heterocycles. The van der Waals surface area contributed by atoms with E-state index in [1.165, 1.54) is 25.7 Å². The van der Waals surface area contributed by atoms with Crippen LogP contribution in [0.5, 0.6) is 0 Å². The largest absolute Gasteiger partial charge is 0.342 e. The maximum atomic E-state index is 6.22.